The third kappa shape index (κ3) is 5.01. The second-order valence-corrected chi connectivity index (χ2v) is 6.94. The molecule has 140 valence electrons. The van der Waals surface area contributed by atoms with E-state index in [1.807, 2.05) is 26.0 Å². The van der Waals surface area contributed by atoms with Crippen LogP contribution in [0.15, 0.2) is 24.3 Å². The molecule has 9 nitrogen and oxygen atoms in total. The number of nitrogens with zero attached hydrogens (tertiary/aromatic N) is 4. The lowest BCUT2D eigenvalue weighted by atomic mass is 9.99. The molecule has 0 bridgehead atoms. The van der Waals surface area contributed by atoms with Gasteiger partial charge in [0, 0.05) is 17.5 Å². The highest BCUT2D eigenvalue weighted by molar-refractivity contribution is 5.94. The smallest absolute Gasteiger partial charge is 0.319 e. The van der Waals surface area contributed by atoms with Gasteiger partial charge in [-0.1, -0.05) is 12.1 Å². The van der Waals surface area contributed by atoms with Gasteiger partial charge in [-0.25, -0.2) is 9.48 Å². The lowest BCUT2D eigenvalue weighted by Gasteiger charge is -2.26. The molecule has 0 radical (unpaired) electrons. The first-order valence-electron chi connectivity index (χ1n) is 8.38. The standard InChI is InChI=1S/C17H24N6O3/c1-11(2)23-15(20-21-22-23)12-7-5-6-8-13(12)18-16(26)19-17(3,4)10-9-14(24)25/h5-8,11H,9-10H2,1-4H3,(H,24,25)(H2,18,19,26). The first-order chi connectivity index (χ1) is 12.2. The highest BCUT2D eigenvalue weighted by atomic mass is 16.4. The Kier molecular flexibility index (Phi) is 5.91. The molecule has 2 amide bonds. The molecule has 2 rings (SSSR count). The van der Waals surface area contributed by atoms with E-state index in [-0.39, 0.29) is 12.5 Å². The van der Waals surface area contributed by atoms with Crippen molar-refractivity contribution in [1.82, 2.24) is 25.5 Å². The average molecular weight is 360 g/mol. The van der Waals surface area contributed by atoms with E-state index in [4.69, 9.17) is 5.11 Å². The van der Waals surface area contributed by atoms with Crippen molar-refractivity contribution in [3.05, 3.63) is 24.3 Å². The molecule has 0 atom stereocenters. The Balaban J connectivity index is 2.16. The topological polar surface area (TPSA) is 122 Å². The number of rotatable bonds is 7. The monoisotopic (exact) mass is 360 g/mol. The lowest BCUT2D eigenvalue weighted by molar-refractivity contribution is -0.137. The van der Waals surface area contributed by atoms with Gasteiger partial charge in [0.25, 0.3) is 0 Å². The van der Waals surface area contributed by atoms with Crippen LogP contribution in [0.4, 0.5) is 10.5 Å². The van der Waals surface area contributed by atoms with Crippen LogP contribution in [0.5, 0.6) is 0 Å². The second-order valence-electron chi connectivity index (χ2n) is 6.94. The number of anilines is 1. The molecule has 1 heterocycles. The van der Waals surface area contributed by atoms with Crippen molar-refractivity contribution in [2.24, 2.45) is 0 Å². The number of carbonyl (C=O) groups excluding carboxylic acids is 1. The summed E-state index contributed by atoms with van der Waals surface area (Å²) in [5.74, 6) is -0.341. The molecular formula is C17H24N6O3. The summed E-state index contributed by atoms with van der Waals surface area (Å²) in [7, 11) is 0. The van der Waals surface area contributed by atoms with Gasteiger partial charge in [-0.3, -0.25) is 4.79 Å². The van der Waals surface area contributed by atoms with Crippen molar-refractivity contribution in [3.63, 3.8) is 0 Å². The van der Waals surface area contributed by atoms with Gasteiger partial charge in [-0.15, -0.1) is 5.10 Å². The quantitative estimate of drug-likeness (QED) is 0.698. The molecule has 3 N–H and O–H groups in total. The van der Waals surface area contributed by atoms with Crippen LogP contribution in [-0.2, 0) is 4.79 Å². The van der Waals surface area contributed by atoms with Gasteiger partial charge in [0.1, 0.15) is 0 Å². The zero-order chi connectivity index (χ0) is 19.3. The fourth-order valence-corrected chi connectivity index (χ4v) is 2.45. The second kappa shape index (κ2) is 7.94. The van der Waals surface area contributed by atoms with Crippen molar-refractivity contribution >= 4 is 17.7 Å². The van der Waals surface area contributed by atoms with Crippen LogP contribution in [0, 0.1) is 0 Å². The zero-order valence-electron chi connectivity index (χ0n) is 15.4. The van der Waals surface area contributed by atoms with Crippen LogP contribution in [0.25, 0.3) is 11.4 Å². The van der Waals surface area contributed by atoms with Gasteiger partial charge in [0.15, 0.2) is 5.82 Å². The number of para-hydroxylation sites is 1. The van der Waals surface area contributed by atoms with Crippen LogP contribution in [0.3, 0.4) is 0 Å². The molecule has 1 aromatic carbocycles. The Hall–Kier alpha value is -2.97. The molecule has 1 aromatic heterocycles. The van der Waals surface area contributed by atoms with Crippen molar-refractivity contribution < 1.29 is 14.7 Å². The number of hydrogen-bond acceptors (Lipinski definition) is 5. The number of urea groups is 1. The third-order valence-corrected chi connectivity index (χ3v) is 3.81. The zero-order valence-corrected chi connectivity index (χ0v) is 15.4. The van der Waals surface area contributed by atoms with Crippen LogP contribution >= 0.6 is 0 Å². The number of tetrazole rings is 1. The van der Waals surface area contributed by atoms with Crippen molar-refractivity contribution in [1.29, 1.82) is 0 Å². The van der Waals surface area contributed by atoms with Crippen LogP contribution in [0.2, 0.25) is 0 Å². The first-order valence-corrected chi connectivity index (χ1v) is 8.38. The van der Waals surface area contributed by atoms with E-state index in [9.17, 15) is 9.59 Å². The molecule has 0 saturated heterocycles. The maximum atomic E-state index is 12.4. The molecule has 0 saturated carbocycles. The largest absolute Gasteiger partial charge is 0.481 e. The summed E-state index contributed by atoms with van der Waals surface area (Å²) in [4.78, 5) is 23.1. The maximum Gasteiger partial charge on any atom is 0.319 e. The van der Waals surface area contributed by atoms with Crippen LogP contribution in [-0.4, -0.2) is 42.9 Å². The number of aliphatic carboxylic acids is 1. The van der Waals surface area contributed by atoms with Gasteiger partial charge in [0.05, 0.1) is 11.7 Å². The number of carbonyl (C=O) groups is 2. The number of carboxylic acids is 1. The number of aromatic nitrogens is 4. The minimum Gasteiger partial charge on any atom is -0.481 e. The summed E-state index contributed by atoms with van der Waals surface area (Å²) >= 11 is 0. The van der Waals surface area contributed by atoms with E-state index in [0.29, 0.717) is 23.5 Å². The Morgan fingerprint density at radius 1 is 1.27 bits per heavy atom. The van der Waals surface area contributed by atoms with Crippen molar-refractivity contribution in [2.75, 3.05) is 5.32 Å². The number of nitrogens with one attached hydrogen (secondary N) is 2. The molecular weight excluding hydrogens is 336 g/mol. The minimum atomic E-state index is -0.897. The van der Waals surface area contributed by atoms with E-state index >= 15 is 0 Å². The maximum absolute atomic E-state index is 12.4. The molecule has 26 heavy (non-hydrogen) atoms. The van der Waals surface area contributed by atoms with Gasteiger partial charge in [-0.2, -0.15) is 0 Å². The Morgan fingerprint density at radius 2 is 1.96 bits per heavy atom. The Morgan fingerprint density at radius 3 is 2.62 bits per heavy atom. The van der Waals surface area contributed by atoms with Crippen molar-refractivity contribution in [3.8, 4) is 11.4 Å². The highest BCUT2D eigenvalue weighted by Gasteiger charge is 2.22. The predicted octanol–water partition coefficient (Wildman–Crippen LogP) is 2.69. The van der Waals surface area contributed by atoms with Gasteiger partial charge in [0.2, 0.25) is 0 Å². The summed E-state index contributed by atoms with van der Waals surface area (Å²) < 4.78 is 1.68. The molecule has 0 spiro atoms. The molecule has 0 unspecified atom stereocenters. The molecule has 9 heteroatoms. The SMILES string of the molecule is CC(C)n1nnnc1-c1ccccc1NC(=O)NC(C)(C)CCC(=O)O. The van der Waals surface area contributed by atoms with E-state index < -0.39 is 17.5 Å². The fourth-order valence-electron chi connectivity index (χ4n) is 2.45. The fraction of sp³-hybridized carbons (Fsp3) is 0.471. The van der Waals surface area contributed by atoms with Gasteiger partial charge in [-0.05, 0) is 56.7 Å². The Bertz CT molecular complexity index is 784. The molecule has 0 aliphatic carbocycles. The van der Waals surface area contributed by atoms with E-state index in [1.54, 1.807) is 30.7 Å². The summed E-state index contributed by atoms with van der Waals surface area (Å²) in [6.07, 6.45) is 0.302. The van der Waals surface area contributed by atoms with Crippen LogP contribution in [0.1, 0.15) is 46.6 Å². The highest BCUT2D eigenvalue weighted by Crippen LogP contribution is 2.27. The van der Waals surface area contributed by atoms with E-state index in [1.165, 1.54) is 0 Å². The molecule has 0 fully saturated rings. The normalized spacial score (nSPS) is 11.4. The number of amides is 2. The molecule has 2 aromatic rings. The summed E-state index contributed by atoms with van der Waals surface area (Å²) in [5, 5.41) is 26.2. The number of carboxylic acid groups (broad SMARTS) is 1. The molecule has 0 aliphatic heterocycles. The molecule has 0 aliphatic rings. The summed E-state index contributed by atoms with van der Waals surface area (Å²) in [6.45, 7) is 7.49. The predicted molar refractivity (Wildman–Crippen MR) is 96.7 cm³/mol. The van der Waals surface area contributed by atoms with E-state index in [0.717, 1.165) is 0 Å². The van der Waals surface area contributed by atoms with E-state index in [2.05, 4.69) is 26.2 Å². The third-order valence-electron chi connectivity index (χ3n) is 3.81. The van der Waals surface area contributed by atoms with Gasteiger partial charge < -0.3 is 15.7 Å². The van der Waals surface area contributed by atoms with Gasteiger partial charge >= 0.3 is 12.0 Å². The van der Waals surface area contributed by atoms with Crippen LogP contribution < -0.4 is 10.6 Å². The summed E-state index contributed by atoms with van der Waals surface area (Å²) in [6, 6.07) is 6.88. The summed E-state index contributed by atoms with van der Waals surface area (Å²) in [5.41, 5.74) is 0.608. The first kappa shape index (κ1) is 19.4. The minimum absolute atomic E-state index is 0.0208. The number of benzene rings is 1. The number of hydrogen-bond donors (Lipinski definition) is 3. The lowest BCUT2D eigenvalue weighted by Crippen LogP contribution is -2.45. The van der Waals surface area contributed by atoms with Crippen molar-refractivity contribution in [2.45, 2.75) is 52.1 Å². The Labute approximate surface area is 151 Å². The average Bonchev–Trinajstić information content (AvgIpc) is 3.02.